The average Bonchev–Trinajstić information content (AvgIpc) is 2.53. The fraction of sp³-hybridized carbons (Fsp3) is 0.650. The van der Waals surface area contributed by atoms with E-state index < -0.39 is 0 Å². The summed E-state index contributed by atoms with van der Waals surface area (Å²) < 4.78 is 0. The highest BCUT2D eigenvalue weighted by atomic mass is 16.2. The number of unbranched alkanes of at least 4 members (excludes halogenated alkanes) is 1. The van der Waals surface area contributed by atoms with E-state index in [0.717, 1.165) is 51.6 Å². The highest BCUT2D eigenvalue weighted by Gasteiger charge is 2.23. The summed E-state index contributed by atoms with van der Waals surface area (Å²) in [6.45, 7) is 8.53. The van der Waals surface area contributed by atoms with Crippen LogP contribution in [0.2, 0.25) is 0 Å². The molecule has 0 N–H and O–H groups in total. The lowest BCUT2D eigenvalue weighted by Crippen LogP contribution is -2.37. The molecule has 2 rings (SSSR count). The number of likely N-dealkylation sites (tertiary alicyclic amines) is 1. The van der Waals surface area contributed by atoms with Gasteiger partial charge < -0.3 is 4.90 Å². The van der Waals surface area contributed by atoms with Crippen molar-refractivity contribution in [3.63, 3.8) is 0 Å². The second kappa shape index (κ2) is 8.36. The molecule has 1 aromatic rings. The first-order valence-corrected chi connectivity index (χ1v) is 8.96. The SMILES string of the molecule is CCCCC(=O)N1CCC(c2ccc(CC(C)C)cc2)CC1. The largest absolute Gasteiger partial charge is 0.343 e. The van der Waals surface area contributed by atoms with E-state index in [-0.39, 0.29) is 0 Å². The van der Waals surface area contributed by atoms with E-state index in [1.165, 1.54) is 11.1 Å². The fourth-order valence-electron chi connectivity index (χ4n) is 3.35. The van der Waals surface area contributed by atoms with Crippen molar-refractivity contribution in [1.82, 2.24) is 4.90 Å². The van der Waals surface area contributed by atoms with Crippen molar-refractivity contribution in [3.8, 4) is 0 Å². The maximum atomic E-state index is 12.1. The van der Waals surface area contributed by atoms with E-state index in [0.29, 0.717) is 17.7 Å². The van der Waals surface area contributed by atoms with Crippen molar-refractivity contribution in [2.24, 2.45) is 5.92 Å². The van der Waals surface area contributed by atoms with Crippen molar-refractivity contribution in [1.29, 1.82) is 0 Å². The lowest BCUT2D eigenvalue weighted by molar-refractivity contribution is -0.132. The van der Waals surface area contributed by atoms with Gasteiger partial charge in [0.2, 0.25) is 5.91 Å². The van der Waals surface area contributed by atoms with E-state index in [9.17, 15) is 4.79 Å². The third-order valence-corrected chi connectivity index (χ3v) is 4.69. The molecule has 1 aliphatic rings. The lowest BCUT2D eigenvalue weighted by Gasteiger charge is -2.32. The van der Waals surface area contributed by atoms with E-state index in [4.69, 9.17) is 0 Å². The lowest BCUT2D eigenvalue weighted by atomic mass is 9.88. The Kier molecular flexibility index (Phi) is 6.48. The van der Waals surface area contributed by atoms with Gasteiger partial charge in [-0.05, 0) is 48.6 Å². The standard InChI is InChI=1S/C20H31NO/c1-4-5-6-20(22)21-13-11-19(12-14-21)18-9-7-17(8-10-18)15-16(2)3/h7-10,16,19H,4-6,11-15H2,1-3H3. The molecule has 0 atom stereocenters. The first kappa shape index (κ1) is 17.1. The second-order valence-corrected chi connectivity index (χ2v) is 7.10. The van der Waals surface area contributed by atoms with Gasteiger partial charge in [-0.2, -0.15) is 0 Å². The van der Waals surface area contributed by atoms with Gasteiger partial charge in [0, 0.05) is 19.5 Å². The molecular formula is C20H31NO. The first-order chi connectivity index (χ1) is 10.6. The molecule has 0 radical (unpaired) electrons. The van der Waals surface area contributed by atoms with Crippen LogP contribution in [-0.4, -0.2) is 23.9 Å². The third-order valence-electron chi connectivity index (χ3n) is 4.69. The molecule has 1 saturated heterocycles. The molecule has 0 spiro atoms. The molecule has 1 heterocycles. The molecule has 1 aliphatic heterocycles. The minimum Gasteiger partial charge on any atom is -0.343 e. The zero-order valence-electron chi connectivity index (χ0n) is 14.5. The molecule has 0 saturated carbocycles. The third kappa shape index (κ3) is 4.86. The predicted molar refractivity (Wildman–Crippen MR) is 93.1 cm³/mol. The number of amides is 1. The molecule has 1 amide bonds. The summed E-state index contributed by atoms with van der Waals surface area (Å²) in [4.78, 5) is 14.1. The minimum atomic E-state index is 0.354. The summed E-state index contributed by atoms with van der Waals surface area (Å²) >= 11 is 0. The van der Waals surface area contributed by atoms with Crippen LogP contribution in [0.1, 0.15) is 69.9 Å². The van der Waals surface area contributed by atoms with Crippen LogP contribution in [0.5, 0.6) is 0 Å². The molecular weight excluding hydrogens is 270 g/mol. The Bertz CT molecular complexity index is 455. The van der Waals surface area contributed by atoms with Gasteiger partial charge in [0.15, 0.2) is 0 Å². The van der Waals surface area contributed by atoms with Gasteiger partial charge in [-0.25, -0.2) is 0 Å². The van der Waals surface area contributed by atoms with Crippen molar-refractivity contribution in [3.05, 3.63) is 35.4 Å². The second-order valence-electron chi connectivity index (χ2n) is 7.10. The Morgan fingerprint density at radius 3 is 2.36 bits per heavy atom. The molecule has 1 aromatic carbocycles. The Hall–Kier alpha value is -1.31. The van der Waals surface area contributed by atoms with Crippen molar-refractivity contribution < 1.29 is 4.79 Å². The molecule has 22 heavy (non-hydrogen) atoms. The van der Waals surface area contributed by atoms with Crippen molar-refractivity contribution >= 4 is 5.91 Å². The van der Waals surface area contributed by atoms with Gasteiger partial charge in [-0.3, -0.25) is 4.79 Å². The summed E-state index contributed by atoms with van der Waals surface area (Å²) in [6.07, 6.45) is 6.24. The number of rotatable bonds is 6. The average molecular weight is 301 g/mol. The van der Waals surface area contributed by atoms with Crippen LogP contribution in [0.3, 0.4) is 0 Å². The first-order valence-electron chi connectivity index (χ1n) is 8.96. The smallest absolute Gasteiger partial charge is 0.222 e. The van der Waals surface area contributed by atoms with Crippen LogP contribution in [0.15, 0.2) is 24.3 Å². The van der Waals surface area contributed by atoms with Crippen LogP contribution in [0.25, 0.3) is 0 Å². The quantitative estimate of drug-likeness (QED) is 0.740. The zero-order valence-corrected chi connectivity index (χ0v) is 14.5. The monoisotopic (exact) mass is 301 g/mol. The van der Waals surface area contributed by atoms with Gasteiger partial charge in [-0.1, -0.05) is 51.5 Å². The van der Waals surface area contributed by atoms with Gasteiger partial charge in [0.05, 0.1) is 0 Å². The van der Waals surface area contributed by atoms with E-state index in [2.05, 4.69) is 49.9 Å². The highest BCUT2D eigenvalue weighted by Crippen LogP contribution is 2.28. The number of hydrogen-bond acceptors (Lipinski definition) is 1. The van der Waals surface area contributed by atoms with Gasteiger partial charge in [0.25, 0.3) is 0 Å². The molecule has 2 nitrogen and oxygen atoms in total. The summed E-state index contributed by atoms with van der Waals surface area (Å²) in [5.41, 5.74) is 2.89. The van der Waals surface area contributed by atoms with Crippen LogP contribution in [-0.2, 0) is 11.2 Å². The van der Waals surface area contributed by atoms with E-state index in [1.807, 2.05) is 0 Å². The van der Waals surface area contributed by atoms with Crippen LogP contribution in [0, 0.1) is 5.92 Å². The van der Waals surface area contributed by atoms with Gasteiger partial charge >= 0.3 is 0 Å². The molecule has 0 aromatic heterocycles. The number of carbonyl (C=O) groups is 1. The zero-order chi connectivity index (χ0) is 15.9. The Morgan fingerprint density at radius 2 is 1.82 bits per heavy atom. The molecule has 122 valence electrons. The van der Waals surface area contributed by atoms with E-state index in [1.54, 1.807) is 0 Å². The number of nitrogens with zero attached hydrogens (tertiary/aromatic N) is 1. The number of benzene rings is 1. The van der Waals surface area contributed by atoms with Crippen LogP contribution >= 0.6 is 0 Å². The van der Waals surface area contributed by atoms with Crippen LogP contribution < -0.4 is 0 Å². The van der Waals surface area contributed by atoms with Crippen molar-refractivity contribution in [2.75, 3.05) is 13.1 Å². The number of piperidine rings is 1. The summed E-state index contributed by atoms with van der Waals surface area (Å²) in [5.74, 6) is 1.69. The van der Waals surface area contributed by atoms with Crippen molar-refractivity contribution in [2.45, 2.75) is 65.2 Å². The Morgan fingerprint density at radius 1 is 1.18 bits per heavy atom. The number of hydrogen-bond donors (Lipinski definition) is 0. The maximum absolute atomic E-state index is 12.1. The maximum Gasteiger partial charge on any atom is 0.222 e. The summed E-state index contributed by atoms with van der Waals surface area (Å²) in [6, 6.07) is 9.18. The summed E-state index contributed by atoms with van der Waals surface area (Å²) in [7, 11) is 0. The van der Waals surface area contributed by atoms with E-state index >= 15 is 0 Å². The molecule has 0 aliphatic carbocycles. The van der Waals surface area contributed by atoms with Gasteiger partial charge in [-0.15, -0.1) is 0 Å². The number of carbonyl (C=O) groups excluding carboxylic acids is 1. The summed E-state index contributed by atoms with van der Waals surface area (Å²) in [5, 5.41) is 0. The highest BCUT2D eigenvalue weighted by molar-refractivity contribution is 5.76. The van der Waals surface area contributed by atoms with Gasteiger partial charge in [0.1, 0.15) is 0 Å². The fourth-order valence-corrected chi connectivity index (χ4v) is 3.35. The Labute approximate surface area is 135 Å². The minimum absolute atomic E-state index is 0.354. The van der Waals surface area contributed by atoms with Crippen LogP contribution in [0.4, 0.5) is 0 Å². The molecule has 0 bridgehead atoms. The molecule has 1 fully saturated rings. The molecule has 2 heteroatoms. The topological polar surface area (TPSA) is 20.3 Å². The molecule has 0 unspecified atom stereocenters. The normalized spacial score (nSPS) is 16.3. The Balaban J connectivity index is 1.84. The predicted octanol–water partition coefficient (Wildman–Crippen LogP) is 4.78.